The third-order valence-electron chi connectivity index (χ3n) is 12.2. The van der Waals surface area contributed by atoms with Gasteiger partial charge in [0.25, 0.3) is 0 Å². The number of amidine groups is 2. The fourth-order valence-corrected chi connectivity index (χ4v) is 8.53. The number of benzene rings is 3. The molecule has 6 rings (SSSR count). The first kappa shape index (κ1) is 49.8. The molecule has 2 aliphatic rings. The summed E-state index contributed by atoms with van der Waals surface area (Å²) in [5.41, 5.74) is 15.0. The number of phenols is 2. The summed E-state index contributed by atoms with van der Waals surface area (Å²) in [5.74, 6) is -0.0893. The molecule has 344 valence electrons. The van der Waals surface area contributed by atoms with E-state index in [4.69, 9.17) is 33.9 Å². The summed E-state index contributed by atoms with van der Waals surface area (Å²) in [6.07, 6.45) is 7.41. The Morgan fingerprint density at radius 2 is 1.64 bits per heavy atom. The van der Waals surface area contributed by atoms with E-state index in [1.54, 1.807) is 24.4 Å². The highest BCUT2D eigenvalue weighted by Gasteiger charge is 2.29. The molecule has 9 N–H and O–H groups in total. The first-order valence-corrected chi connectivity index (χ1v) is 23.3. The van der Waals surface area contributed by atoms with Crippen molar-refractivity contribution < 1.29 is 19.8 Å². The topological polar surface area (TPSA) is 222 Å². The van der Waals surface area contributed by atoms with Crippen molar-refractivity contribution in [3.05, 3.63) is 82.5 Å². The molecule has 0 unspecified atom stereocenters. The second kappa shape index (κ2) is 22.1. The quantitative estimate of drug-likeness (QED) is 0.0493. The number of hydrogen-bond acceptors (Lipinski definition) is 13. The molecular formula is C48H65ClN10O4S. The summed E-state index contributed by atoms with van der Waals surface area (Å²) in [4.78, 5) is 41.3. The van der Waals surface area contributed by atoms with Gasteiger partial charge in [-0.05, 0) is 99.0 Å². The van der Waals surface area contributed by atoms with Crippen LogP contribution in [0.5, 0.6) is 11.5 Å². The maximum atomic E-state index is 13.4. The molecule has 16 heteroatoms. The van der Waals surface area contributed by atoms with Gasteiger partial charge in [0.15, 0.2) is 17.4 Å². The van der Waals surface area contributed by atoms with Gasteiger partial charge in [0.2, 0.25) is 5.91 Å². The number of nitrogens with two attached hydrogens (primary N) is 2. The van der Waals surface area contributed by atoms with Gasteiger partial charge in [-0.2, -0.15) is 0 Å². The van der Waals surface area contributed by atoms with E-state index in [1.165, 1.54) is 48.6 Å². The number of aromatic hydroxyl groups is 2. The number of anilines is 4. The van der Waals surface area contributed by atoms with Crippen molar-refractivity contribution in [3.8, 4) is 11.5 Å². The summed E-state index contributed by atoms with van der Waals surface area (Å²) in [6.45, 7) is 17.4. The van der Waals surface area contributed by atoms with Crippen molar-refractivity contribution >= 4 is 69.7 Å². The molecule has 4 aromatic rings. The fourth-order valence-electron chi connectivity index (χ4n) is 7.43. The normalized spacial score (nSPS) is 15.4. The van der Waals surface area contributed by atoms with Crippen molar-refractivity contribution in [1.29, 1.82) is 10.8 Å². The van der Waals surface area contributed by atoms with Gasteiger partial charge in [-0.15, -0.1) is 0 Å². The number of aromatic nitrogens is 2. The number of carbonyl (C=O) groups is 2. The highest BCUT2D eigenvalue weighted by Crippen LogP contribution is 2.39. The summed E-state index contributed by atoms with van der Waals surface area (Å²) in [7, 11) is 0. The smallest absolute Gasteiger partial charge is 0.227 e. The van der Waals surface area contributed by atoms with Gasteiger partial charge in [-0.1, -0.05) is 89.0 Å². The number of hydrogen-bond donors (Lipinski definition) is 7. The zero-order chi connectivity index (χ0) is 46.9. The Hall–Kier alpha value is -5.22. The lowest BCUT2D eigenvalue weighted by molar-refractivity contribution is -0.121. The Balaban J connectivity index is 0.00000120. The first-order chi connectivity index (χ1) is 30.3. The minimum Gasteiger partial charge on any atom is -0.508 e. The molecule has 2 aliphatic heterocycles. The maximum absolute atomic E-state index is 13.4. The molecule has 0 spiro atoms. The number of nitrogens with zero attached hydrogens (tertiary/aromatic N) is 5. The van der Waals surface area contributed by atoms with E-state index in [0.29, 0.717) is 70.2 Å². The van der Waals surface area contributed by atoms with Crippen LogP contribution in [0.2, 0.25) is 5.02 Å². The van der Waals surface area contributed by atoms with E-state index >= 15 is 0 Å². The lowest BCUT2D eigenvalue weighted by Crippen LogP contribution is -2.48. The van der Waals surface area contributed by atoms with E-state index in [9.17, 15) is 19.8 Å². The summed E-state index contributed by atoms with van der Waals surface area (Å²) in [6, 6.07) is 15.4. The molecule has 1 amide bonds. The van der Waals surface area contributed by atoms with Crippen LogP contribution in [0.1, 0.15) is 110 Å². The molecule has 2 fully saturated rings. The molecule has 14 nitrogen and oxygen atoms in total. The van der Waals surface area contributed by atoms with Crippen molar-refractivity contribution in [2.45, 2.75) is 115 Å². The zero-order valence-electron chi connectivity index (χ0n) is 38.2. The number of halogens is 1. The molecule has 0 aliphatic carbocycles. The number of nitrogens with one attached hydrogen (secondary N) is 3. The number of carbonyl (C=O) groups excluding carboxylic acids is 2. The highest BCUT2D eigenvalue weighted by atomic mass is 35.5. The number of phenolic OH excluding ortho intramolecular Hbond substituents is 2. The average molecular weight is 914 g/mol. The van der Waals surface area contributed by atoms with E-state index in [2.05, 4.69) is 52.8 Å². The van der Waals surface area contributed by atoms with Gasteiger partial charge < -0.3 is 31.9 Å². The number of amides is 1. The molecule has 2 saturated heterocycles. The van der Waals surface area contributed by atoms with E-state index in [0.717, 1.165) is 43.2 Å². The molecule has 0 bridgehead atoms. The number of likely N-dealkylation sites (tertiary alicyclic amines) is 1. The molecule has 3 aromatic carbocycles. The Labute approximate surface area is 387 Å². The molecule has 0 atom stereocenters. The zero-order valence-corrected chi connectivity index (χ0v) is 39.7. The van der Waals surface area contributed by atoms with Crippen LogP contribution in [0.3, 0.4) is 0 Å². The lowest BCUT2D eigenvalue weighted by atomic mass is 9.91. The predicted octanol–water partition coefficient (Wildman–Crippen LogP) is 9.41. The third kappa shape index (κ3) is 12.7. The summed E-state index contributed by atoms with van der Waals surface area (Å²) < 4.78 is 0. The molecule has 3 heterocycles. The fraction of sp³-hybridized carbons (Fsp3) is 0.458. The van der Waals surface area contributed by atoms with Crippen molar-refractivity contribution in [3.63, 3.8) is 0 Å². The number of nitrogen functional groups attached to an aromatic ring is 1. The Morgan fingerprint density at radius 3 is 2.20 bits per heavy atom. The lowest BCUT2D eigenvalue weighted by Gasteiger charge is -2.37. The van der Waals surface area contributed by atoms with Crippen LogP contribution in [0.25, 0.3) is 0 Å². The average Bonchev–Trinajstić information content (AvgIpc) is 3.26. The van der Waals surface area contributed by atoms with Gasteiger partial charge in [-0.3, -0.25) is 30.2 Å². The van der Waals surface area contributed by atoms with Crippen molar-refractivity contribution in [1.82, 2.24) is 14.9 Å². The van der Waals surface area contributed by atoms with E-state index in [-0.39, 0.29) is 46.2 Å². The summed E-state index contributed by atoms with van der Waals surface area (Å²) >= 11 is 8.11. The number of Topliss-reactive ketones (excluding diaryl/α,β-unsaturated/α-hetero) is 1. The van der Waals surface area contributed by atoms with Crippen LogP contribution in [0.15, 0.2) is 70.7 Å². The maximum Gasteiger partial charge on any atom is 0.227 e. The minimum atomic E-state index is -0.549. The minimum absolute atomic E-state index is 0.0899. The number of rotatable bonds is 13. The van der Waals surface area contributed by atoms with Crippen molar-refractivity contribution in [2.75, 3.05) is 47.0 Å². The van der Waals surface area contributed by atoms with Crippen molar-refractivity contribution in [2.24, 2.45) is 17.6 Å². The Morgan fingerprint density at radius 1 is 1.00 bits per heavy atom. The second-order valence-corrected chi connectivity index (χ2v) is 19.0. The van der Waals surface area contributed by atoms with Gasteiger partial charge in [0, 0.05) is 54.7 Å². The predicted molar refractivity (Wildman–Crippen MR) is 260 cm³/mol. The highest BCUT2D eigenvalue weighted by molar-refractivity contribution is 7.99. The molecule has 0 radical (unpaired) electrons. The Kier molecular flexibility index (Phi) is 17.2. The van der Waals surface area contributed by atoms with Gasteiger partial charge in [-0.25, -0.2) is 9.97 Å². The van der Waals surface area contributed by atoms with Gasteiger partial charge >= 0.3 is 0 Å². The number of ketones is 1. The third-order valence-corrected chi connectivity index (χ3v) is 13.8. The van der Waals surface area contributed by atoms with Gasteiger partial charge in [0.1, 0.15) is 28.2 Å². The monoisotopic (exact) mass is 912 g/mol. The van der Waals surface area contributed by atoms with Crippen LogP contribution >= 0.6 is 23.4 Å². The van der Waals surface area contributed by atoms with E-state index in [1.807, 2.05) is 38.1 Å². The van der Waals surface area contributed by atoms with Gasteiger partial charge in [0.05, 0.1) is 22.5 Å². The second-order valence-electron chi connectivity index (χ2n) is 17.6. The van der Waals surface area contributed by atoms with Crippen LogP contribution in [-0.2, 0) is 16.1 Å². The van der Waals surface area contributed by atoms with Crippen LogP contribution in [0.4, 0.5) is 23.0 Å². The molecule has 64 heavy (non-hydrogen) atoms. The number of piperidine rings is 2. The van der Waals surface area contributed by atoms with Crippen LogP contribution < -0.4 is 26.6 Å². The summed E-state index contributed by atoms with van der Waals surface area (Å²) in [5, 5.41) is 42.4. The standard InChI is InChI=1S/C42H51ClN10O4S.C6H14/c1-24(2)29-20-30(33(56)21-32(29)55)39(46)53(38(45)25(3)54)28-10-8-26(9-11-28)23-51-16-12-27(13-17-51)40(57)49-31-6-5-7-34(36(31)43)58-41-37(44)50-35(22-48-41)52-18-14-42(4,47)15-19-52;1-4-6(3)5-2/h5-11,20-22,24,27,45-46,55-56H,12-19,23,47H2,1-4H3,(H2,44,50)(H,49,57);6H,4-5H2,1-3H3. The van der Waals surface area contributed by atoms with E-state index < -0.39 is 11.6 Å². The largest absolute Gasteiger partial charge is 0.508 e. The molecule has 0 saturated carbocycles. The first-order valence-electron chi connectivity index (χ1n) is 22.1. The molecule has 1 aromatic heterocycles. The SMILES string of the molecule is CC(=O)C(=N)N(C(=N)c1cc(C(C)C)c(O)cc1O)c1ccc(CN2CCC(C(=O)Nc3cccc(Sc4ncc(N5CCC(C)(N)CC5)nc4N)c3Cl)CC2)cc1.CCC(C)CC. The van der Waals surface area contributed by atoms with Crippen LogP contribution in [-0.4, -0.2) is 80.2 Å². The van der Waals surface area contributed by atoms with Crippen LogP contribution in [0, 0.1) is 22.7 Å². The molecular weight excluding hydrogens is 848 g/mol. The Bertz CT molecular complexity index is 2280.